The van der Waals surface area contributed by atoms with Crippen molar-refractivity contribution in [2.75, 3.05) is 31.1 Å². The Morgan fingerprint density at radius 1 is 1.03 bits per heavy atom. The molecule has 2 heterocycles. The maximum Gasteiger partial charge on any atom is 0.253 e. The van der Waals surface area contributed by atoms with Crippen LogP contribution in [0.5, 0.6) is 5.75 Å². The number of hydrogen-bond acceptors (Lipinski definition) is 5. The van der Waals surface area contributed by atoms with Crippen LogP contribution in [0.15, 0.2) is 53.9 Å². The van der Waals surface area contributed by atoms with Crippen molar-refractivity contribution in [2.45, 2.75) is 20.5 Å². The molecule has 1 amide bonds. The van der Waals surface area contributed by atoms with Crippen molar-refractivity contribution in [3.8, 4) is 5.75 Å². The van der Waals surface area contributed by atoms with Crippen molar-refractivity contribution in [3.05, 3.63) is 75.7 Å². The van der Waals surface area contributed by atoms with Crippen LogP contribution >= 0.6 is 11.3 Å². The second-order valence-corrected chi connectivity index (χ2v) is 8.30. The van der Waals surface area contributed by atoms with Gasteiger partial charge in [-0.25, -0.2) is 4.98 Å². The topological polar surface area (TPSA) is 45.7 Å². The van der Waals surface area contributed by atoms with Crippen molar-refractivity contribution in [3.63, 3.8) is 0 Å². The van der Waals surface area contributed by atoms with E-state index in [1.807, 2.05) is 41.5 Å². The molecule has 0 N–H and O–H groups in total. The fraction of sp³-hybridized carbons (Fsp3) is 0.304. The first-order valence-corrected chi connectivity index (χ1v) is 10.7. The predicted molar refractivity (Wildman–Crippen MR) is 117 cm³/mol. The normalized spacial score (nSPS) is 14.1. The molecule has 1 aromatic heterocycles. The summed E-state index contributed by atoms with van der Waals surface area (Å²) in [6.45, 7) is 7.72. The Bertz CT molecular complexity index is 976. The molecule has 0 unspecified atom stereocenters. The van der Waals surface area contributed by atoms with Gasteiger partial charge in [0.2, 0.25) is 0 Å². The average molecular weight is 408 g/mol. The van der Waals surface area contributed by atoms with Gasteiger partial charge in [0, 0.05) is 42.8 Å². The molecule has 4 rings (SSSR count). The molecule has 0 saturated carbocycles. The zero-order valence-electron chi connectivity index (χ0n) is 16.8. The summed E-state index contributed by atoms with van der Waals surface area (Å²) in [7, 11) is 0. The van der Waals surface area contributed by atoms with Crippen LogP contribution in [-0.2, 0) is 6.61 Å². The molecular weight excluding hydrogens is 382 g/mol. The van der Waals surface area contributed by atoms with Crippen molar-refractivity contribution in [1.82, 2.24) is 9.88 Å². The number of amides is 1. The van der Waals surface area contributed by atoms with E-state index >= 15 is 0 Å². The fourth-order valence-corrected chi connectivity index (χ4v) is 4.17. The van der Waals surface area contributed by atoms with Gasteiger partial charge in [-0.15, -0.1) is 11.3 Å². The molecule has 29 heavy (non-hydrogen) atoms. The molecule has 2 aromatic carbocycles. The smallest absolute Gasteiger partial charge is 0.253 e. The third kappa shape index (κ3) is 4.59. The predicted octanol–water partition coefficient (Wildman–Crippen LogP) is 4.30. The van der Waals surface area contributed by atoms with E-state index in [0.29, 0.717) is 12.2 Å². The average Bonchev–Trinajstić information content (AvgIpc) is 3.18. The molecule has 0 radical (unpaired) electrons. The third-order valence-corrected chi connectivity index (χ3v) is 6.00. The van der Waals surface area contributed by atoms with Crippen LogP contribution in [0.1, 0.15) is 26.6 Å². The molecule has 1 aliphatic heterocycles. The van der Waals surface area contributed by atoms with Crippen LogP contribution in [0.3, 0.4) is 0 Å². The van der Waals surface area contributed by atoms with E-state index in [1.165, 1.54) is 11.3 Å². The molecule has 1 saturated heterocycles. The van der Waals surface area contributed by atoms with Crippen molar-refractivity contribution >= 4 is 22.9 Å². The highest BCUT2D eigenvalue weighted by atomic mass is 32.1. The highest BCUT2D eigenvalue weighted by molar-refractivity contribution is 7.09. The Balaban J connectivity index is 1.32. The molecule has 0 aliphatic carbocycles. The number of benzene rings is 2. The maximum atomic E-state index is 12.9. The molecule has 150 valence electrons. The Labute approximate surface area is 175 Å². The van der Waals surface area contributed by atoms with Gasteiger partial charge >= 0.3 is 0 Å². The number of thiazole rings is 1. The van der Waals surface area contributed by atoms with Crippen molar-refractivity contribution < 1.29 is 9.53 Å². The van der Waals surface area contributed by atoms with Crippen LogP contribution in [-0.4, -0.2) is 42.0 Å². The Morgan fingerprint density at radius 2 is 1.76 bits per heavy atom. The molecule has 5 nitrogen and oxygen atoms in total. The van der Waals surface area contributed by atoms with Crippen molar-refractivity contribution in [2.24, 2.45) is 0 Å². The van der Waals surface area contributed by atoms with Gasteiger partial charge in [0.05, 0.1) is 10.7 Å². The highest BCUT2D eigenvalue weighted by Crippen LogP contribution is 2.22. The van der Waals surface area contributed by atoms with Gasteiger partial charge in [-0.2, -0.15) is 0 Å². The van der Waals surface area contributed by atoms with Gasteiger partial charge in [-0.05, 0) is 49.7 Å². The number of anilines is 1. The Kier molecular flexibility index (Phi) is 5.81. The summed E-state index contributed by atoms with van der Waals surface area (Å²) in [6, 6.07) is 15.8. The van der Waals surface area contributed by atoms with E-state index in [1.54, 1.807) is 11.3 Å². The van der Waals surface area contributed by atoms with E-state index in [9.17, 15) is 4.79 Å². The number of rotatable bonds is 5. The van der Waals surface area contributed by atoms with Crippen LogP contribution in [0, 0.1) is 13.8 Å². The summed E-state index contributed by atoms with van der Waals surface area (Å²) in [4.78, 5) is 21.5. The van der Waals surface area contributed by atoms with Crippen LogP contribution in [0.25, 0.3) is 0 Å². The molecule has 1 aliphatic rings. The number of para-hydroxylation sites is 1. The first-order valence-electron chi connectivity index (χ1n) is 9.84. The molecular formula is C23H25N3O2S. The van der Waals surface area contributed by atoms with E-state index in [4.69, 9.17) is 4.74 Å². The quantitative estimate of drug-likeness (QED) is 0.633. The first-order chi connectivity index (χ1) is 14.1. The van der Waals surface area contributed by atoms with Crippen molar-refractivity contribution in [1.29, 1.82) is 0 Å². The number of hydrogen-bond donors (Lipinski definition) is 0. The minimum Gasteiger partial charge on any atom is -0.487 e. The number of aryl methyl sites for hydroxylation is 2. The maximum absolute atomic E-state index is 12.9. The SMILES string of the molecule is Cc1nc(COc2ccc(C(=O)N3CCN(c4ccccc4C)CC3)cc2)cs1. The number of aromatic nitrogens is 1. The molecule has 6 heteroatoms. The largest absolute Gasteiger partial charge is 0.487 e. The molecule has 0 spiro atoms. The first kappa shape index (κ1) is 19.5. The molecule has 1 fully saturated rings. The monoisotopic (exact) mass is 407 g/mol. The minimum atomic E-state index is 0.0797. The summed E-state index contributed by atoms with van der Waals surface area (Å²) in [5, 5.41) is 3.04. The Morgan fingerprint density at radius 3 is 2.41 bits per heavy atom. The van der Waals surface area contributed by atoms with Gasteiger partial charge in [0.15, 0.2) is 0 Å². The lowest BCUT2D eigenvalue weighted by atomic mass is 10.1. The second-order valence-electron chi connectivity index (χ2n) is 7.24. The zero-order chi connectivity index (χ0) is 20.2. The highest BCUT2D eigenvalue weighted by Gasteiger charge is 2.22. The number of nitrogens with zero attached hydrogens (tertiary/aromatic N) is 3. The summed E-state index contributed by atoms with van der Waals surface area (Å²) in [6.07, 6.45) is 0. The second kappa shape index (κ2) is 8.66. The summed E-state index contributed by atoms with van der Waals surface area (Å²) < 4.78 is 5.77. The summed E-state index contributed by atoms with van der Waals surface area (Å²) in [5.74, 6) is 0.827. The zero-order valence-corrected chi connectivity index (χ0v) is 17.6. The van der Waals surface area contributed by atoms with Gasteiger partial charge in [0.25, 0.3) is 5.91 Å². The molecule has 0 bridgehead atoms. The lowest BCUT2D eigenvalue weighted by molar-refractivity contribution is 0.0746. The van der Waals surface area contributed by atoms with Gasteiger partial charge in [-0.3, -0.25) is 4.79 Å². The number of carbonyl (C=O) groups excluding carboxylic acids is 1. The molecule has 3 aromatic rings. The van der Waals surface area contributed by atoms with Crippen LogP contribution in [0.4, 0.5) is 5.69 Å². The van der Waals surface area contributed by atoms with E-state index < -0.39 is 0 Å². The lowest BCUT2D eigenvalue weighted by Crippen LogP contribution is -2.49. The van der Waals surface area contributed by atoms with Crippen LogP contribution in [0.2, 0.25) is 0 Å². The fourth-order valence-electron chi connectivity index (χ4n) is 3.58. The van der Waals surface area contributed by atoms with Gasteiger partial charge in [0.1, 0.15) is 12.4 Å². The number of piperazine rings is 1. The van der Waals surface area contributed by atoms with Gasteiger partial charge < -0.3 is 14.5 Å². The minimum absolute atomic E-state index is 0.0797. The van der Waals surface area contributed by atoms with E-state index in [-0.39, 0.29) is 5.91 Å². The van der Waals surface area contributed by atoms with Gasteiger partial charge in [-0.1, -0.05) is 18.2 Å². The number of ether oxygens (including phenoxy) is 1. The third-order valence-electron chi connectivity index (χ3n) is 5.18. The molecule has 0 atom stereocenters. The summed E-state index contributed by atoms with van der Waals surface area (Å²) in [5.41, 5.74) is 4.16. The Hall–Kier alpha value is -2.86. The summed E-state index contributed by atoms with van der Waals surface area (Å²) >= 11 is 1.62. The van der Waals surface area contributed by atoms with Crippen LogP contribution < -0.4 is 9.64 Å². The lowest BCUT2D eigenvalue weighted by Gasteiger charge is -2.36. The van der Waals surface area contributed by atoms with E-state index in [2.05, 4.69) is 41.1 Å². The number of carbonyl (C=O) groups is 1. The standard InChI is InChI=1S/C23H25N3O2S/c1-17-5-3-4-6-22(17)25-11-13-26(14-12-25)23(27)19-7-9-21(10-8-19)28-15-20-16-29-18(2)24-20/h3-10,16H,11-15H2,1-2H3. The van der Waals surface area contributed by atoms with E-state index in [0.717, 1.165) is 42.6 Å².